The molecule has 2 aliphatic carbocycles. The third-order valence-corrected chi connectivity index (χ3v) is 21.1. The maximum atomic E-state index is 6.53. The average molecular weight is 1150 g/mol. The van der Waals surface area contributed by atoms with E-state index < -0.39 is 5.41 Å². The van der Waals surface area contributed by atoms with Crippen molar-refractivity contribution in [3.63, 3.8) is 0 Å². The van der Waals surface area contributed by atoms with Gasteiger partial charge in [0.1, 0.15) is 11.2 Å². The summed E-state index contributed by atoms with van der Waals surface area (Å²) in [5.74, 6) is 0.308. The van der Waals surface area contributed by atoms with E-state index in [4.69, 9.17) is 4.42 Å². The van der Waals surface area contributed by atoms with Crippen molar-refractivity contribution in [2.24, 2.45) is 0 Å². The van der Waals surface area contributed by atoms with Gasteiger partial charge >= 0.3 is 0 Å². The van der Waals surface area contributed by atoms with Crippen LogP contribution in [0.25, 0.3) is 75.5 Å². The van der Waals surface area contributed by atoms with Gasteiger partial charge in [0.05, 0.1) is 15.8 Å². The van der Waals surface area contributed by atoms with Gasteiger partial charge in [-0.25, -0.2) is 0 Å². The molecule has 1 unspecified atom stereocenters. The van der Waals surface area contributed by atoms with Crippen LogP contribution in [0.15, 0.2) is 311 Å². The van der Waals surface area contributed by atoms with Crippen molar-refractivity contribution in [3.8, 4) is 33.4 Å². The number of furan rings is 1. The second-order valence-corrected chi connectivity index (χ2v) is 25.5. The zero-order valence-corrected chi connectivity index (χ0v) is 49.0. The maximum Gasteiger partial charge on any atom is 0.137 e. The van der Waals surface area contributed by atoms with Gasteiger partial charge in [-0.2, -0.15) is 0 Å². The molecule has 13 aromatic carbocycles. The highest BCUT2D eigenvalue weighted by atomic mass is 32.2. The predicted molar refractivity (Wildman–Crippen MR) is 365 cm³/mol. The van der Waals surface area contributed by atoms with Crippen molar-refractivity contribution in [1.29, 1.82) is 0 Å². The molecule has 1 atom stereocenters. The fourth-order valence-electron chi connectivity index (χ4n) is 15.0. The highest BCUT2D eigenvalue weighted by Crippen LogP contribution is 2.63. The quantitative estimate of drug-likeness (QED) is 0.151. The van der Waals surface area contributed by atoms with Gasteiger partial charge in [0, 0.05) is 76.5 Å². The topological polar surface area (TPSA) is 19.6 Å². The van der Waals surface area contributed by atoms with Crippen LogP contribution in [0.4, 0.5) is 34.1 Å². The van der Waals surface area contributed by atoms with Crippen molar-refractivity contribution in [1.82, 2.24) is 0 Å². The Morgan fingerprint density at radius 2 is 0.954 bits per heavy atom. The van der Waals surface area contributed by atoms with E-state index in [1.54, 1.807) is 0 Å². The summed E-state index contributed by atoms with van der Waals surface area (Å²) in [5, 5.41) is 4.69. The first-order chi connectivity index (χ1) is 43.1. The Kier molecular flexibility index (Phi) is 11.5. The van der Waals surface area contributed by atoms with Crippen LogP contribution in [0.1, 0.15) is 51.3 Å². The van der Waals surface area contributed by atoms with Crippen molar-refractivity contribution >= 4 is 99.3 Å². The number of nitrogens with zero attached hydrogens (tertiary/aromatic N) is 2. The second kappa shape index (κ2) is 20.0. The van der Waals surface area contributed by atoms with Gasteiger partial charge in [-0.1, -0.05) is 212 Å². The van der Waals surface area contributed by atoms with E-state index in [1.165, 1.54) is 102 Å². The van der Waals surface area contributed by atoms with Crippen LogP contribution in [0, 0.1) is 0 Å². The SMILES string of the molecule is c1ccc(C2CCc3cc(-c4cc(N(c5ccccc5)c5ccc6c(c5)C5(c7ccccc7Sc7ccccc75)c5ccccc5-6)c5sc6cc(N(c7ccccc7)c7ccc8c(c7)oc7ccccc78)ccc6c5c4)ccc3-c3ccccc32)cc1. The van der Waals surface area contributed by atoms with Crippen LogP contribution in [-0.4, -0.2) is 0 Å². The molecule has 0 amide bonds. The number of benzene rings is 13. The van der Waals surface area contributed by atoms with E-state index in [0.29, 0.717) is 5.92 Å². The largest absolute Gasteiger partial charge is 0.456 e. The molecule has 0 fully saturated rings. The Balaban J connectivity index is 0.865. The monoisotopic (exact) mass is 1150 g/mol. The van der Waals surface area contributed by atoms with Crippen LogP contribution in [0.2, 0.25) is 0 Å². The lowest BCUT2D eigenvalue weighted by molar-refractivity contribution is 0.669. The molecule has 1 spiro atoms. The van der Waals surface area contributed by atoms with E-state index in [9.17, 15) is 0 Å². The number of rotatable bonds is 8. The summed E-state index contributed by atoms with van der Waals surface area (Å²) in [6.07, 6.45) is 2.00. The summed E-state index contributed by atoms with van der Waals surface area (Å²) in [6.45, 7) is 0. The molecule has 5 heteroatoms. The third-order valence-electron chi connectivity index (χ3n) is 18.7. The van der Waals surface area contributed by atoms with Crippen molar-refractivity contribution in [2.75, 3.05) is 9.80 Å². The van der Waals surface area contributed by atoms with Gasteiger partial charge in [0.2, 0.25) is 0 Å². The molecule has 18 rings (SSSR count). The minimum absolute atomic E-state index is 0.308. The zero-order chi connectivity index (χ0) is 57.2. The number of hydrogen-bond donors (Lipinski definition) is 0. The molecule has 1 aliphatic heterocycles. The Morgan fingerprint density at radius 3 is 1.74 bits per heavy atom. The summed E-state index contributed by atoms with van der Waals surface area (Å²) in [7, 11) is 0. The van der Waals surface area contributed by atoms with Crippen molar-refractivity contribution < 1.29 is 4.42 Å². The molecule has 0 saturated carbocycles. The van der Waals surface area contributed by atoms with Gasteiger partial charge in [-0.15, -0.1) is 11.3 Å². The zero-order valence-electron chi connectivity index (χ0n) is 47.4. The normalized spacial score (nSPS) is 14.3. The molecule has 0 N–H and O–H groups in total. The van der Waals surface area contributed by atoms with Crippen LogP contribution in [0.3, 0.4) is 0 Å². The summed E-state index contributed by atoms with van der Waals surface area (Å²) in [4.78, 5) is 7.51. The molecule has 87 heavy (non-hydrogen) atoms. The molecule has 410 valence electrons. The van der Waals surface area contributed by atoms with Crippen LogP contribution < -0.4 is 9.80 Å². The lowest BCUT2D eigenvalue weighted by atomic mass is 9.67. The Bertz CT molecular complexity index is 5190. The average Bonchev–Trinajstić information content (AvgIpc) is 1.64. The first kappa shape index (κ1) is 50.2. The van der Waals surface area contributed by atoms with Crippen LogP contribution in [0.5, 0.6) is 0 Å². The highest BCUT2D eigenvalue weighted by Gasteiger charge is 2.50. The fourth-order valence-corrected chi connectivity index (χ4v) is 17.4. The third kappa shape index (κ3) is 7.83. The second-order valence-electron chi connectivity index (χ2n) is 23.4. The molecular formula is C82H54N2OS2. The molecule has 3 heterocycles. The van der Waals surface area contributed by atoms with Crippen molar-refractivity contribution in [2.45, 2.75) is 34.0 Å². The van der Waals surface area contributed by atoms with Gasteiger partial charge in [0.15, 0.2) is 0 Å². The summed E-state index contributed by atoms with van der Waals surface area (Å²) in [5.41, 5.74) is 24.8. The van der Waals surface area contributed by atoms with E-state index in [0.717, 1.165) is 68.9 Å². The first-order valence-electron chi connectivity index (χ1n) is 30.1. The molecule has 3 nitrogen and oxygen atoms in total. The molecule has 0 radical (unpaired) electrons. The molecule has 15 aromatic rings. The van der Waals surface area contributed by atoms with Crippen LogP contribution >= 0.6 is 23.1 Å². The maximum absolute atomic E-state index is 6.53. The first-order valence-corrected chi connectivity index (χ1v) is 31.8. The number of para-hydroxylation sites is 3. The van der Waals surface area contributed by atoms with E-state index in [-0.39, 0.29) is 0 Å². The number of fused-ring (bicyclic) bond motifs is 18. The van der Waals surface area contributed by atoms with Gasteiger partial charge in [-0.3, -0.25) is 0 Å². The van der Waals surface area contributed by atoms with Gasteiger partial charge in [0.25, 0.3) is 0 Å². The molecule has 0 saturated heterocycles. The number of aryl methyl sites for hydroxylation is 1. The van der Waals surface area contributed by atoms with E-state index in [1.807, 2.05) is 29.2 Å². The van der Waals surface area contributed by atoms with E-state index >= 15 is 0 Å². The van der Waals surface area contributed by atoms with E-state index in [2.05, 4.69) is 301 Å². The molecule has 2 aromatic heterocycles. The Hall–Kier alpha value is -10.2. The number of thiophene rings is 1. The summed E-state index contributed by atoms with van der Waals surface area (Å²) < 4.78 is 8.97. The highest BCUT2D eigenvalue weighted by molar-refractivity contribution is 7.99. The lowest BCUT2D eigenvalue weighted by Crippen LogP contribution is -2.32. The van der Waals surface area contributed by atoms with Gasteiger partial charge < -0.3 is 14.2 Å². The summed E-state index contributed by atoms with van der Waals surface area (Å²) in [6, 6.07) is 111. The van der Waals surface area contributed by atoms with Gasteiger partial charge in [-0.05, 0) is 176 Å². The Labute approximate surface area is 513 Å². The predicted octanol–water partition coefficient (Wildman–Crippen LogP) is 23.1. The minimum atomic E-state index is -0.534. The standard InChI is InChI=1S/C82H54N2OS2/c1-4-20-52(21-5-1)61-42-37-54-46-53(36-41-62(54)64-27-11-10-26-63(61)64)55-47-70-69-45-40-60(83(56-22-6-2-7-23-56)59-39-44-68-67-29-13-17-33-76(67)85-77(68)50-59)51-80(69)87-81(70)75(48-55)84(57-24-8-3-9-25-57)58-38-43-66-65-28-12-14-30-71(65)82(74(66)49-58)72-31-15-18-34-78(72)86-79-35-19-16-32-73(79)82/h1-36,38-41,43-51,61H,37,42H2. The summed E-state index contributed by atoms with van der Waals surface area (Å²) >= 11 is 3.77. The fraction of sp³-hybridized carbons (Fsp3) is 0.0488. The number of hydrogen-bond acceptors (Lipinski definition) is 5. The minimum Gasteiger partial charge on any atom is -0.456 e. The van der Waals surface area contributed by atoms with Crippen LogP contribution in [-0.2, 0) is 11.8 Å². The molecule has 0 bridgehead atoms. The Morgan fingerprint density at radius 1 is 0.368 bits per heavy atom. The van der Waals surface area contributed by atoms with Crippen molar-refractivity contribution in [3.05, 3.63) is 336 Å². The number of anilines is 6. The lowest BCUT2D eigenvalue weighted by Gasteiger charge is -2.40. The molecule has 3 aliphatic rings. The molecular weight excluding hydrogens is 1090 g/mol. The smallest absolute Gasteiger partial charge is 0.137 e.